The molecule has 1 heterocycles. The van der Waals surface area contributed by atoms with Crippen LogP contribution in [0.15, 0.2) is 18.3 Å². The van der Waals surface area contributed by atoms with Gasteiger partial charge in [0.1, 0.15) is 0 Å². The normalized spacial score (nSPS) is 10.9. The van der Waals surface area contributed by atoms with Gasteiger partial charge in [0, 0.05) is 12.7 Å². The highest BCUT2D eigenvalue weighted by molar-refractivity contribution is 5.11. The molecular formula is C12H20N2. The Labute approximate surface area is 86.8 Å². The Morgan fingerprint density at radius 1 is 1.36 bits per heavy atom. The van der Waals surface area contributed by atoms with E-state index in [9.17, 15) is 0 Å². The van der Waals surface area contributed by atoms with Crippen LogP contribution in [0, 0.1) is 12.8 Å². The summed E-state index contributed by atoms with van der Waals surface area (Å²) in [6.07, 6.45) is 3.14. The highest BCUT2D eigenvalue weighted by Crippen LogP contribution is 1.99. The lowest BCUT2D eigenvalue weighted by molar-refractivity contribution is 0.535. The second kappa shape index (κ2) is 5.76. The molecule has 0 atom stereocenters. The molecule has 1 aromatic rings. The van der Waals surface area contributed by atoms with Gasteiger partial charge in [0.15, 0.2) is 0 Å². The minimum atomic E-state index is 0.772. The second-order valence-electron chi connectivity index (χ2n) is 4.19. The van der Waals surface area contributed by atoms with E-state index in [1.54, 1.807) is 0 Å². The average molecular weight is 192 g/mol. The maximum Gasteiger partial charge on any atom is 0.0541 e. The molecule has 0 aliphatic heterocycles. The van der Waals surface area contributed by atoms with Crippen molar-refractivity contribution in [3.8, 4) is 0 Å². The van der Waals surface area contributed by atoms with Gasteiger partial charge in [0.05, 0.1) is 5.69 Å². The highest BCUT2D eigenvalue weighted by Gasteiger charge is 1.95. The van der Waals surface area contributed by atoms with Crippen LogP contribution in [0.5, 0.6) is 0 Å². The summed E-state index contributed by atoms with van der Waals surface area (Å²) in [5.41, 5.74) is 2.34. The SMILES string of the molecule is Cc1ccc(CNCCC(C)C)nc1. The van der Waals surface area contributed by atoms with Crippen molar-refractivity contribution in [2.75, 3.05) is 6.54 Å². The van der Waals surface area contributed by atoms with Gasteiger partial charge >= 0.3 is 0 Å². The summed E-state index contributed by atoms with van der Waals surface area (Å²) in [7, 11) is 0. The van der Waals surface area contributed by atoms with E-state index >= 15 is 0 Å². The fourth-order valence-corrected chi connectivity index (χ4v) is 1.21. The van der Waals surface area contributed by atoms with E-state index in [1.165, 1.54) is 12.0 Å². The summed E-state index contributed by atoms with van der Waals surface area (Å²) in [4.78, 5) is 4.33. The Balaban J connectivity index is 2.21. The molecule has 78 valence electrons. The molecule has 2 nitrogen and oxygen atoms in total. The molecule has 0 saturated carbocycles. The van der Waals surface area contributed by atoms with Crippen LogP contribution in [0.3, 0.4) is 0 Å². The Morgan fingerprint density at radius 2 is 2.14 bits per heavy atom. The lowest BCUT2D eigenvalue weighted by atomic mass is 10.1. The summed E-state index contributed by atoms with van der Waals surface area (Å²) in [5.74, 6) is 0.772. The Kier molecular flexibility index (Phi) is 4.60. The third-order valence-electron chi connectivity index (χ3n) is 2.18. The quantitative estimate of drug-likeness (QED) is 0.725. The summed E-state index contributed by atoms with van der Waals surface area (Å²) in [6.45, 7) is 8.50. The van der Waals surface area contributed by atoms with Gasteiger partial charge in [0.25, 0.3) is 0 Å². The van der Waals surface area contributed by atoms with Crippen molar-refractivity contribution in [2.24, 2.45) is 5.92 Å². The molecule has 1 aromatic heterocycles. The molecule has 0 aliphatic carbocycles. The third-order valence-corrected chi connectivity index (χ3v) is 2.18. The molecule has 0 unspecified atom stereocenters. The van der Waals surface area contributed by atoms with Gasteiger partial charge in [-0.3, -0.25) is 4.98 Å². The van der Waals surface area contributed by atoms with Gasteiger partial charge in [-0.1, -0.05) is 19.9 Å². The molecule has 1 N–H and O–H groups in total. The van der Waals surface area contributed by atoms with Gasteiger partial charge in [-0.2, -0.15) is 0 Å². The number of aromatic nitrogens is 1. The summed E-state index contributed by atoms with van der Waals surface area (Å²) < 4.78 is 0. The maximum absolute atomic E-state index is 4.33. The van der Waals surface area contributed by atoms with Crippen molar-refractivity contribution in [2.45, 2.75) is 33.7 Å². The first-order chi connectivity index (χ1) is 6.68. The van der Waals surface area contributed by atoms with Gasteiger partial charge in [0.2, 0.25) is 0 Å². The second-order valence-corrected chi connectivity index (χ2v) is 4.19. The third kappa shape index (κ3) is 4.38. The van der Waals surface area contributed by atoms with Crippen LogP contribution < -0.4 is 5.32 Å². The Morgan fingerprint density at radius 3 is 2.71 bits per heavy atom. The molecule has 0 fully saturated rings. The molecule has 0 bridgehead atoms. The van der Waals surface area contributed by atoms with Crippen LogP contribution in [0.4, 0.5) is 0 Å². The lowest BCUT2D eigenvalue weighted by Crippen LogP contribution is -2.16. The van der Waals surface area contributed by atoms with E-state index in [4.69, 9.17) is 0 Å². The first-order valence-electron chi connectivity index (χ1n) is 5.30. The van der Waals surface area contributed by atoms with Crippen molar-refractivity contribution in [3.05, 3.63) is 29.6 Å². The van der Waals surface area contributed by atoms with E-state index in [0.29, 0.717) is 0 Å². The Bertz CT molecular complexity index is 252. The number of nitrogens with zero attached hydrogens (tertiary/aromatic N) is 1. The minimum Gasteiger partial charge on any atom is -0.311 e. The van der Waals surface area contributed by atoms with E-state index < -0.39 is 0 Å². The molecule has 0 saturated heterocycles. The van der Waals surface area contributed by atoms with Crippen molar-refractivity contribution in [3.63, 3.8) is 0 Å². The summed E-state index contributed by atoms with van der Waals surface area (Å²) in [6, 6.07) is 4.18. The first-order valence-corrected chi connectivity index (χ1v) is 5.30. The predicted molar refractivity (Wildman–Crippen MR) is 60.1 cm³/mol. The molecule has 1 rings (SSSR count). The number of hydrogen-bond donors (Lipinski definition) is 1. The van der Waals surface area contributed by atoms with Gasteiger partial charge in [-0.25, -0.2) is 0 Å². The lowest BCUT2D eigenvalue weighted by Gasteiger charge is -2.06. The van der Waals surface area contributed by atoms with Crippen LogP contribution in [0.1, 0.15) is 31.5 Å². The molecule has 0 amide bonds. The topological polar surface area (TPSA) is 24.9 Å². The van der Waals surface area contributed by atoms with Gasteiger partial charge in [-0.05, 0) is 37.4 Å². The van der Waals surface area contributed by atoms with Crippen molar-refractivity contribution >= 4 is 0 Å². The van der Waals surface area contributed by atoms with Crippen LogP contribution in [-0.2, 0) is 6.54 Å². The number of nitrogens with one attached hydrogen (secondary N) is 1. The van der Waals surface area contributed by atoms with E-state index in [2.05, 4.69) is 43.2 Å². The minimum absolute atomic E-state index is 0.772. The number of rotatable bonds is 5. The molecule has 0 aromatic carbocycles. The monoisotopic (exact) mass is 192 g/mol. The fourth-order valence-electron chi connectivity index (χ4n) is 1.21. The van der Waals surface area contributed by atoms with E-state index in [1.807, 2.05) is 6.20 Å². The fraction of sp³-hybridized carbons (Fsp3) is 0.583. The zero-order valence-corrected chi connectivity index (χ0v) is 9.38. The predicted octanol–water partition coefficient (Wildman–Crippen LogP) is 2.53. The molecule has 2 heteroatoms. The largest absolute Gasteiger partial charge is 0.311 e. The van der Waals surface area contributed by atoms with Crippen molar-refractivity contribution < 1.29 is 0 Å². The highest BCUT2D eigenvalue weighted by atomic mass is 14.9. The zero-order valence-electron chi connectivity index (χ0n) is 9.38. The van der Waals surface area contributed by atoms with Crippen LogP contribution in [0.2, 0.25) is 0 Å². The first kappa shape index (κ1) is 11.2. The standard InChI is InChI=1S/C12H20N2/c1-10(2)6-7-13-9-12-5-4-11(3)8-14-12/h4-5,8,10,13H,6-7,9H2,1-3H3. The number of aryl methyl sites for hydroxylation is 1. The molecular weight excluding hydrogens is 172 g/mol. The van der Waals surface area contributed by atoms with Crippen LogP contribution in [0.25, 0.3) is 0 Å². The van der Waals surface area contributed by atoms with Gasteiger partial charge < -0.3 is 5.32 Å². The average Bonchev–Trinajstić information content (AvgIpc) is 2.15. The van der Waals surface area contributed by atoms with Crippen molar-refractivity contribution in [1.29, 1.82) is 0 Å². The van der Waals surface area contributed by atoms with Crippen LogP contribution >= 0.6 is 0 Å². The number of pyridine rings is 1. The maximum atomic E-state index is 4.33. The Hall–Kier alpha value is -0.890. The molecule has 0 spiro atoms. The van der Waals surface area contributed by atoms with Crippen molar-refractivity contribution in [1.82, 2.24) is 10.3 Å². The number of hydrogen-bond acceptors (Lipinski definition) is 2. The van der Waals surface area contributed by atoms with E-state index in [0.717, 1.165) is 24.7 Å². The zero-order chi connectivity index (χ0) is 10.4. The smallest absolute Gasteiger partial charge is 0.0541 e. The van der Waals surface area contributed by atoms with E-state index in [-0.39, 0.29) is 0 Å². The molecule has 14 heavy (non-hydrogen) atoms. The van der Waals surface area contributed by atoms with Gasteiger partial charge in [-0.15, -0.1) is 0 Å². The molecule has 0 aliphatic rings. The summed E-state index contributed by atoms with van der Waals surface area (Å²) in [5, 5.41) is 3.39. The van der Waals surface area contributed by atoms with Crippen LogP contribution in [-0.4, -0.2) is 11.5 Å². The summed E-state index contributed by atoms with van der Waals surface area (Å²) >= 11 is 0. The molecule has 0 radical (unpaired) electrons.